The molecule has 0 bridgehead atoms. The molecule has 11 heavy (non-hydrogen) atoms. The first-order valence-corrected chi connectivity index (χ1v) is 7.68. The highest BCUT2D eigenvalue weighted by Gasteiger charge is 2.24. The lowest BCUT2D eigenvalue weighted by molar-refractivity contribution is 1.14. The van der Waals surface area contributed by atoms with Crippen molar-refractivity contribution in [2.45, 2.75) is 51.9 Å². The second-order valence-electron chi connectivity index (χ2n) is 3.33. The van der Waals surface area contributed by atoms with Gasteiger partial charge in [-0.3, -0.25) is 0 Å². The van der Waals surface area contributed by atoms with Crippen molar-refractivity contribution in [2.24, 2.45) is 0 Å². The first-order valence-electron chi connectivity index (χ1n) is 4.85. The van der Waals surface area contributed by atoms with Gasteiger partial charge in [0.2, 0.25) is 0 Å². The first kappa shape index (κ1) is 11.0. The molecule has 0 aliphatic heterocycles. The summed E-state index contributed by atoms with van der Waals surface area (Å²) in [5, 5.41) is 0. The van der Waals surface area contributed by atoms with E-state index in [0.717, 1.165) is 0 Å². The minimum Gasteiger partial charge on any atom is -0.0919 e. The Hall–Kier alpha value is -0.0431. The van der Waals surface area contributed by atoms with E-state index in [4.69, 9.17) is 0 Å². The number of rotatable bonds is 5. The van der Waals surface area contributed by atoms with E-state index in [1.54, 1.807) is 0 Å². The van der Waals surface area contributed by atoms with Crippen LogP contribution in [0, 0.1) is 0 Å². The highest BCUT2D eigenvalue weighted by molar-refractivity contribution is 6.80. The zero-order valence-electron chi connectivity index (χ0n) is 8.48. The van der Waals surface area contributed by atoms with E-state index < -0.39 is 8.07 Å². The Kier molecular flexibility index (Phi) is 5.57. The van der Waals surface area contributed by atoms with Crippen LogP contribution in [0.4, 0.5) is 0 Å². The van der Waals surface area contributed by atoms with Crippen molar-refractivity contribution in [3.05, 3.63) is 12.2 Å². The van der Waals surface area contributed by atoms with E-state index in [0.29, 0.717) is 0 Å². The monoisotopic (exact) mass is 170 g/mol. The fraction of sp³-hybridized carbons (Fsp3) is 0.800. The van der Waals surface area contributed by atoms with E-state index in [1.165, 1.54) is 24.2 Å². The van der Waals surface area contributed by atoms with Crippen molar-refractivity contribution in [3.63, 3.8) is 0 Å². The third kappa shape index (κ3) is 3.24. The molecule has 0 spiro atoms. The van der Waals surface area contributed by atoms with Crippen LogP contribution in [-0.2, 0) is 0 Å². The molecule has 0 fully saturated rings. The average Bonchev–Trinajstić information content (AvgIpc) is 2.08. The molecule has 0 rings (SSSR count). The second-order valence-corrected chi connectivity index (χ2v) is 8.86. The number of hydrogen-bond acceptors (Lipinski definition) is 0. The predicted octanol–water partition coefficient (Wildman–Crippen LogP) is 4.07. The van der Waals surface area contributed by atoms with Crippen LogP contribution in [-0.4, -0.2) is 8.07 Å². The van der Waals surface area contributed by atoms with Gasteiger partial charge >= 0.3 is 0 Å². The highest BCUT2D eigenvalue weighted by atomic mass is 28.3. The molecular weight excluding hydrogens is 148 g/mol. The molecule has 66 valence electrons. The van der Waals surface area contributed by atoms with Gasteiger partial charge < -0.3 is 0 Å². The average molecular weight is 170 g/mol. The van der Waals surface area contributed by atoms with E-state index >= 15 is 0 Å². The van der Waals surface area contributed by atoms with Gasteiger partial charge in [0.1, 0.15) is 0 Å². The molecule has 0 aromatic heterocycles. The molecular formula is C10H22Si. The Morgan fingerprint density at radius 3 is 1.73 bits per heavy atom. The smallest absolute Gasteiger partial charge is 0.0565 e. The van der Waals surface area contributed by atoms with Gasteiger partial charge in [-0.25, -0.2) is 0 Å². The van der Waals surface area contributed by atoms with Crippen molar-refractivity contribution in [1.82, 2.24) is 0 Å². The molecule has 1 heteroatoms. The molecule has 0 aromatic carbocycles. The molecule has 0 atom stereocenters. The SMILES string of the molecule is C/C=C\C[Si](CC)(CC)CC. The van der Waals surface area contributed by atoms with Gasteiger partial charge in [-0.2, -0.15) is 0 Å². The van der Waals surface area contributed by atoms with Gasteiger partial charge in [0.05, 0.1) is 8.07 Å². The summed E-state index contributed by atoms with van der Waals surface area (Å²) in [6.07, 6.45) is 4.56. The van der Waals surface area contributed by atoms with Gasteiger partial charge in [-0.15, -0.1) is 0 Å². The Balaban J connectivity index is 4.04. The van der Waals surface area contributed by atoms with E-state index in [-0.39, 0.29) is 0 Å². The van der Waals surface area contributed by atoms with Gasteiger partial charge in [-0.1, -0.05) is 51.1 Å². The molecule has 0 N–H and O–H groups in total. The molecule has 0 nitrogen and oxygen atoms in total. The zero-order valence-corrected chi connectivity index (χ0v) is 9.48. The summed E-state index contributed by atoms with van der Waals surface area (Å²) in [7, 11) is -0.825. The van der Waals surface area contributed by atoms with E-state index in [9.17, 15) is 0 Å². The maximum atomic E-state index is 2.36. The molecule has 0 aliphatic rings. The summed E-state index contributed by atoms with van der Waals surface area (Å²) >= 11 is 0. The largest absolute Gasteiger partial charge is 0.0919 e. The van der Waals surface area contributed by atoms with Crippen LogP contribution < -0.4 is 0 Å². The lowest BCUT2D eigenvalue weighted by Gasteiger charge is -2.26. The third-order valence-electron chi connectivity index (χ3n) is 3.04. The molecule has 0 amide bonds. The summed E-state index contributed by atoms with van der Waals surface area (Å²) in [6, 6.07) is 5.74. The Bertz CT molecular complexity index is 104. The minimum atomic E-state index is -0.825. The van der Waals surface area contributed by atoms with Crippen molar-refractivity contribution < 1.29 is 0 Å². The summed E-state index contributed by atoms with van der Waals surface area (Å²) in [6.45, 7) is 9.22. The maximum Gasteiger partial charge on any atom is 0.0565 e. The Morgan fingerprint density at radius 1 is 1.00 bits per heavy atom. The molecule has 0 saturated heterocycles. The van der Waals surface area contributed by atoms with Gasteiger partial charge in [-0.05, 0) is 13.0 Å². The Morgan fingerprint density at radius 2 is 1.45 bits per heavy atom. The molecule has 0 saturated carbocycles. The molecule has 0 heterocycles. The van der Waals surface area contributed by atoms with Crippen molar-refractivity contribution in [3.8, 4) is 0 Å². The summed E-state index contributed by atoms with van der Waals surface area (Å²) in [5.74, 6) is 0. The lowest BCUT2D eigenvalue weighted by Crippen LogP contribution is -2.29. The van der Waals surface area contributed by atoms with E-state index in [2.05, 4.69) is 39.8 Å². The molecule has 0 unspecified atom stereocenters. The topological polar surface area (TPSA) is 0 Å². The minimum absolute atomic E-state index is 0.825. The number of allylic oxidation sites excluding steroid dienone is 2. The highest BCUT2D eigenvalue weighted by Crippen LogP contribution is 2.25. The second kappa shape index (κ2) is 5.59. The predicted molar refractivity (Wildman–Crippen MR) is 56.8 cm³/mol. The van der Waals surface area contributed by atoms with Gasteiger partial charge in [0.15, 0.2) is 0 Å². The van der Waals surface area contributed by atoms with Crippen LogP contribution in [0.2, 0.25) is 24.2 Å². The number of hydrogen-bond donors (Lipinski definition) is 0. The van der Waals surface area contributed by atoms with Crippen LogP contribution in [0.3, 0.4) is 0 Å². The van der Waals surface area contributed by atoms with Crippen LogP contribution >= 0.6 is 0 Å². The lowest BCUT2D eigenvalue weighted by atomic mass is 10.6. The zero-order chi connectivity index (χ0) is 8.74. The molecule has 0 aliphatic carbocycles. The van der Waals surface area contributed by atoms with Crippen LogP contribution in [0.5, 0.6) is 0 Å². The quantitative estimate of drug-likeness (QED) is 0.431. The first-order chi connectivity index (χ1) is 5.24. The maximum absolute atomic E-state index is 2.36. The molecule has 0 aromatic rings. The van der Waals surface area contributed by atoms with E-state index in [1.807, 2.05) is 0 Å². The Labute approximate surface area is 72.7 Å². The fourth-order valence-corrected chi connectivity index (χ4v) is 4.65. The van der Waals surface area contributed by atoms with Crippen molar-refractivity contribution in [2.75, 3.05) is 0 Å². The van der Waals surface area contributed by atoms with Crippen LogP contribution in [0.15, 0.2) is 12.2 Å². The van der Waals surface area contributed by atoms with Crippen LogP contribution in [0.25, 0.3) is 0 Å². The fourth-order valence-electron chi connectivity index (χ4n) is 1.55. The molecule has 0 radical (unpaired) electrons. The third-order valence-corrected chi connectivity index (χ3v) is 8.64. The summed E-state index contributed by atoms with van der Waals surface area (Å²) < 4.78 is 0. The van der Waals surface area contributed by atoms with Gasteiger partial charge in [0, 0.05) is 0 Å². The van der Waals surface area contributed by atoms with Crippen molar-refractivity contribution in [1.29, 1.82) is 0 Å². The summed E-state index contributed by atoms with van der Waals surface area (Å²) in [5.41, 5.74) is 0. The van der Waals surface area contributed by atoms with Crippen LogP contribution in [0.1, 0.15) is 27.7 Å². The van der Waals surface area contributed by atoms with Gasteiger partial charge in [0.25, 0.3) is 0 Å². The normalized spacial score (nSPS) is 12.7. The summed E-state index contributed by atoms with van der Waals surface area (Å²) in [4.78, 5) is 0. The van der Waals surface area contributed by atoms with Crippen molar-refractivity contribution >= 4 is 8.07 Å². The standard InChI is InChI=1S/C10H22Si/c1-5-9-10-11(6-2,7-3)8-4/h5,9H,6-8,10H2,1-4H3/b9-5-.